The highest BCUT2D eigenvalue weighted by Gasteiger charge is 2.13. The Morgan fingerprint density at radius 2 is 1.80 bits per heavy atom. The molecule has 0 radical (unpaired) electrons. The van der Waals surface area contributed by atoms with Gasteiger partial charge in [0, 0.05) is 13.1 Å². The van der Waals surface area contributed by atoms with E-state index in [1.54, 1.807) is 5.56 Å². The summed E-state index contributed by atoms with van der Waals surface area (Å²) in [4.78, 5) is 2.54. The van der Waals surface area contributed by atoms with Crippen LogP contribution in [0, 0.1) is 0 Å². The first-order valence-electron chi connectivity index (χ1n) is 6.19. The largest absolute Gasteiger partial charge is 0.299 e. The molecular formula is C14H23N. The molecule has 0 unspecified atom stereocenters. The molecule has 2 rings (SSSR count). The third kappa shape index (κ3) is 3.35. The van der Waals surface area contributed by atoms with Gasteiger partial charge >= 0.3 is 0 Å². The normalized spacial score (nSPS) is 15.1. The monoisotopic (exact) mass is 205 g/mol. The van der Waals surface area contributed by atoms with Crippen LogP contribution in [0.5, 0.6) is 0 Å². The van der Waals surface area contributed by atoms with Gasteiger partial charge in [0.2, 0.25) is 0 Å². The summed E-state index contributed by atoms with van der Waals surface area (Å²) in [5, 5.41) is 0. The quantitative estimate of drug-likeness (QED) is 0.714. The van der Waals surface area contributed by atoms with Crippen LogP contribution in [0.25, 0.3) is 0 Å². The molecule has 0 aliphatic carbocycles. The summed E-state index contributed by atoms with van der Waals surface area (Å²) in [6.07, 6.45) is 2.50. The van der Waals surface area contributed by atoms with Gasteiger partial charge in [-0.1, -0.05) is 45.0 Å². The fraction of sp³-hybridized carbons (Fsp3) is 0.571. The van der Waals surface area contributed by atoms with Crippen LogP contribution in [0.15, 0.2) is 24.3 Å². The lowest BCUT2D eigenvalue weighted by Gasteiger charge is -2.28. The van der Waals surface area contributed by atoms with Gasteiger partial charge < -0.3 is 0 Å². The summed E-state index contributed by atoms with van der Waals surface area (Å²) >= 11 is 0. The molecule has 1 aliphatic rings. The Morgan fingerprint density at radius 1 is 1.13 bits per heavy atom. The van der Waals surface area contributed by atoms with E-state index in [1.165, 1.54) is 31.5 Å². The molecule has 0 bridgehead atoms. The van der Waals surface area contributed by atoms with Crippen LogP contribution < -0.4 is 0 Å². The molecule has 0 aromatic heterocycles. The van der Waals surface area contributed by atoms with Crippen molar-refractivity contribution in [3.05, 3.63) is 35.4 Å². The standard InChI is InChI=1S/C12H17N.C2H6/c1-2-8-13-9-7-11-5-3-4-6-12(11)10-13;1-2/h3-6H,2,7-10H2,1H3;1-2H3. The summed E-state index contributed by atoms with van der Waals surface area (Å²) < 4.78 is 0. The molecule has 0 spiro atoms. The Hall–Kier alpha value is -0.820. The number of fused-ring (bicyclic) bond motifs is 1. The van der Waals surface area contributed by atoms with Crippen molar-refractivity contribution in [1.29, 1.82) is 0 Å². The van der Waals surface area contributed by atoms with E-state index in [0.29, 0.717) is 0 Å². The molecule has 0 saturated carbocycles. The first-order valence-corrected chi connectivity index (χ1v) is 6.19. The molecule has 1 nitrogen and oxygen atoms in total. The third-order valence-corrected chi connectivity index (χ3v) is 2.75. The number of hydrogen-bond acceptors (Lipinski definition) is 1. The lowest BCUT2D eigenvalue weighted by atomic mass is 10.00. The van der Waals surface area contributed by atoms with Crippen molar-refractivity contribution in [2.24, 2.45) is 0 Å². The minimum absolute atomic E-state index is 1.16. The molecule has 1 aliphatic heterocycles. The number of hydrogen-bond donors (Lipinski definition) is 0. The third-order valence-electron chi connectivity index (χ3n) is 2.75. The number of nitrogens with zero attached hydrogens (tertiary/aromatic N) is 1. The second kappa shape index (κ2) is 6.62. The first kappa shape index (κ1) is 12.3. The minimum Gasteiger partial charge on any atom is -0.299 e. The Morgan fingerprint density at radius 3 is 2.47 bits per heavy atom. The summed E-state index contributed by atoms with van der Waals surface area (Å²) in [5.74, 6) is 0. The Kier molecular flexibility index (Phi) is 5.41. The van der Waals surface area contributed by atoms with E-state index in [1.807, 2.05) is 13.8 Å². The summed E-state index contributed by atoms with van der Waals surface area (Å²) in [5.41, 5.74) is 3.08. The van der Waals surface area contributed by atoms with Crippen LogP contribution in [0.2, 0.25) is 0 Å². The van der Waals surface area contributed by atoms with Crippen molar-refractivity contribution in [2.45, 2.75) is 40.2 Å². The predicted molar refractivity (Wildman–Crippen MR) is 67.1 cm³/mol. The second-order valence-corrected chi connectivity index (χ2v) is 3.79. The molecular weight excluding hydrogens is 182 g/mol. The fourth-order valence-electron chi connectivity index (χ4n) is 2.06. The second-order valence-electron chi connectivity index (χ2n) is 3.79. The van der Waals surface area contributed by atoms with Gasteiger partial charge in [-0.25, -0.2) is 0 Å². The molecule has 0 fully saturated rings. The maximum atomic E-state index is 2.54. The van der Waals surface area contributed by atoms with Gasteiger partial charge in [0.25, 0.3) is 0 Å². The van der Waals surface area contributed by atoms with Gasteiger partial charge in [-0.15, -0.1) is 0 Å². The van der Waals surface area contributed by atoms with Crippen LogP contribution in [0.3, 0.4) is 0 Å². The van der Waals surface area contributed by atoms with Crippen LogP contribution >= 0.6 is 0 Å². The molecule has 1 heterocycles. The molecule has 84 valence electrons. The van der Waals surface area contributed by atoms with E-state index in [2.05, 4.69) is 36.1 Å². The minimum atomic E-state index is 1.16. The van der Waals surface area contributed by atoms with Crippen molar-refractivity contribution in [1.82, 2.24) is 4.90 Å². The molecule has 0 saturated heterocycles. The zero-order chi connectivity index (χ0) is 11.1. The number of benzene rings is 1. The van der Waals surface area contributed by atoms with E-state index in [0.717, 1.165) is 6.54 Å². The highest BCUT2D eigenvalue weighted by Crippen LogP contribution is 2.18. The Labute approximate surface area is 94.1 Å². The number of rotatable bonds is 2. The molecule has 1 heteroatoms. The maximum Gasteiger partial charge on any atom is 0.0236 e. The maximum absolute atomic E-state index is 2.54. The predicted octanol–water partition coefficient (Wildman–Crippen LogP) is 3.48. The molecule has 0 N–H and O–H groups in total. The topological polar surface area (TPSA) is 3.24 Å². The van der Waals surface area contributed by atoms with E-state index in [-0.39, 0.29) is 0 Å². The lowest BCUT2D eigenvalue weighted by Crippen LogP contribution is -2.30. The van der Waals surface area contributed by atoms with Gasteiger partial charge in [-0.2, -0.15) is 0 Å². The van der Waals surface area contributed by atoms with Crippen molar-refractivity contribution >= 4 is 0 Å². The van der Waals surface area contributed by atoms with Crippen LogP contribution in [-0.2, 0) is 13.0 Å². The van der Waals surface area contributed by atoms with E-state index < -0.39 is 0 Å². The zero-order valence-corrected chi connectivity index (χ0v) is 10.3. The van der Waals surface area contributed by atoms with E-state index >= 15 is 0 Å². The van der Waals surface area contributed by atoms with Gasteiger partial charge in [0.1, 0.15) is 0 Å². The van der Waals surface area contributed by atoms with Gasteiger partial charge in [0.05, 0.1) is 0 Å². The summed E-state index contributed by atoms with van der Waals surface area (Å²) in [6, 6.07) is 8.82. The molecule has 0 amide bonds. The van der Waals surface area contributed by atoms with Crippen molar-refractivity contribution in [3.8, 4) is 0 Å². The van der Waals surface area contributed by atoms with E-state index in [4.69, 9.17) is 0 Å². The molecule has 1 aromatic carbocycles. The SMILES string of the molecule is CC.CCCN1CCc2ccccc2C1. The molecule has 15 heavy (non-hydrogen) atoms. The van der Waals surface area contributed by atoms with Crippen molar-refractivity contribution in [2.75, 3.05) is 13.1 Å². The van der Waals surface area contributed by atoms with Crippen molar-refractivity contribution in [3.63, 3.8) is 0 Å². The zero-order valence-electron chi connectivity index (χ0n) is 10.3. The molecule has 1 aromatic rings. The van der Waals surface area contributed by atoms with E-state index in [9.17, 15) is 0 Å². The molecule has 0 atom stereocenters. The average Bonchev–Trinajstić information content (AvgIpc) is 2.32. The fourth-order valence-corrected chi connectivity index (χ4v) is 2.06. The smallest absolute Gasteiger partial charge is 0.0236 e. The Balaban J connectivity index is 0.000000531. The lowest BCUT2D eigenvalue weighted by molar-refractivity contribution is 0.255. The van der Waals surface area contributed by atoms with Gasteiger partial charge in [-0.05, 0) is 30.5 Å². The Bertz CT molecular complexity index is 280. The summed E-state index contributed by atoms with van der Waals surface area (Å²) in [6.45, 7) is 9.89. The highest BCUT2D eigenvalue weighted by molar-refractivity contribution is 5.28. The highest BCUT2D eigenvalue weighted by atomic mass is 15.1. The van der Waals surface area contributed by atoms with Crippen LogP contribution in [0.1, 0.15) is 38.3 Å². The van der Waals surface area contributed by atoms with Gasteiger partial charge in [-0.3, -0.25) is 4.90 Å². The van der Waals surface area contributed by atoms with Crippen LogP contribution in [0.4, 0.5) is 0 Å². The van der Waals surface area contributed by atoms with Gasteiger partial charge in [0.15, 0.2) is 0 Å². The van der Waals surface area contributed by atoms with Crippen LogP contribution in [-0.4, -0.2) is 18.0 Å². The van der Waals surface area contributed by atoms with Crippen molar-refractivity contribution < 1.29 is 0 Å². The first-order chi connectivity index (χ1) is 7.40. The summed E-state index contributed by atoms with van der Waals surface area (Å²) in [7, 11) is 0. The average molecular weight is 205 g/mol.